The van der Waals surface area contributed by atoms with Crippen molar-refractivity contribution in [2.45, 2.75) is 309 Å². The van der Waals surface area contributed by atoms with E-state index in [1.807, 2.05) is 21.1 Å². The number of amides is 1. The van der Waals surface area contributed by atoms with Crippen LogP contribution in [0.1, 0.15) is 296 Å². The molecule has 3 atom stereocenters. The zero-order chi connectivity index (χ0) is 48.5. The third-order valence-electron chi connectivity index (χ3n) is 13.5. The summed E-state index contributed by atoms with van der Waals surface area (Å²) >= 11 is 0. The number of nitrogens with zero attached hydrogens (tertiary/aromatic N) is 1. The number of phosphoric acid groups is 1. The normalized spacial score (nSPS) is 14.0. The number of rotatable bonds is 54. The fourth-order valence-corrected chi connectivity index (χ4v) is 9.64. The van der Waals surface area contributed by atoms with Crippen LogP contribution < -0.4 is 10.2 Å². The van der Waals surface area contributed by atoms with Gasteiger partial charge in [0.1, 0.15) is 13.2 Å². The van der Waals surface area contributed by atoms with E-state index in [1.165, 1.54) is 231 Å². The van der Waals surface area contributed by atoms with Gasteiger partial charge in [-0.3, -0.25) is 9.36 Å². The minimum Gasteiger partial charge on any atom is -0.756 e. The highest BCUT2D eigenvalue weighted by Crippen LogP contribution is 2.38. The van der Waals surface area contributed by atoms with Gasteiger partial charge in [-0.25, -0.2) is 0 Å². The number of allylic oxidation sites excluding steroid dienone is 2. The van der Waals surface area contributed by atoms with E-state index < -0.39 is 20.0 Å². The Bertz CT molecular complexity index is 1080. The molecule has 0 bridgehead atoms. The van der Waals surface area contributed by atoms with Crippen molar-refractivity contribution in [3.63, 3.8) is 0 Å². The van der Waals surface area contributed by atoms with E-state index in [4.69, 9.17) is 9.05 Å². The number of likely N-dealkylation sites (N-methyl/N-ethyl adjacent to an activating group) is 1. The second-order valence-corrected chi connectivity index (χ2v) is 22.8. The predicted molar refractivity (Wildman–Crippen MR) is 284 cm³/mol. The second kappa shape index (κ2) is 49.2. The zero-order valence-corrected chi connectivity index (χ0v) is 45.8. The summed E-state index contributed by atoms with van der Waals surface area (Å²) in [6, 6.07) is -0.793. The van der Waals surface area contributed by atoms with E-state index in [0.717, 1.165) is 38.5 Å². The molecular weight excluding hydrogens is 840 g/mol. The van der Waals surface area contributed by atoms with Gasteiger partial charge in [0.05, 0.1) is 39.9 Å². The van der Waals surface area contributed by atoms with Crippen LogP contribution in [0.2, 0.25) is 0 Å². The smallest absolute Gasteiger partial charge is 0.268 e. The molecule has 2 N–H and O–H groups in total. The molecule has 394 valence electrons. The molecule has 66 heavy (non-hydrogen) atoms. The minimum absolute atomic E-state index is 0.0148. The molecule has 0 aromatic heterocycles. The third kappa shape index (κ3) is 51.1. The summed E-state index contributed by atoms with van der Waals surface area (Å²) in [6.07, 6.45) is 60.2. The van der Waals surface area contributed by atoms with Crippen LogP contribution in [0.3, 0.4) is 0 Å². The molecule has 1 amide bonds. The number of nitrogens with one attached hydrogen (secondary N) is 1. The molecule has 9 heteroatoms. The van der Waals surface area contributed by atoms with Crippen LogP contribution in [-0.2, 0) is 18.4 Å². The molecule has 0 aliphatic heterocycles. The standard InChI is InChI=1S/C57H115N2O6P/c1-6-8-10-12-14-15-16-17-18-19-20-21-22-23-24-25-26-27-28-29-30-31-32-33-34-35-36-37-38-39-40-41-42-43-45-47-49-51-57(61)58-55(56(60)50-48-46-44-13-11-9-7-2)54-65-66(62,63)64-53-52-59(3,4)5/h19-20,55-56,60H,6-18,21-54H2,1-5H3,(H-,58,61,62,63)/b20-19-. The van der Waals surface area contributed by atoms with Gasteiger partial charge in [0.15, 0.2) is 0 Å². The summed E-state index contributed by atoms with van der Waals surface area (Å²) in [7, 11) is 1.32. The summed E-state index contributed by atoms with van der Waals surface area (Å²) in [6.45, 7) is 4.70. The van der Waals surface area contributed by atoms with Crippen molar-refractivity contribution in [2.24, 2.45) is 0 Å². The van der Waals surface area contributed by atoms with Gasteiger partial charge in [0.25, 0.3) is 7.82 Å². The maximum absolute atomic E-state index is 12.9. The SMILES string of the molecule is CCCCCCCCCC/C=C\CCCCCCCCCCCCCCCCCCCCCCCCCCCC(=O)NC(COP(=O)([O-])OCC[N+](C)(C)C)C(O)CCCCCCCCC. The molecule has 3 unspecified atom stereocenters. The molecule has 0 radical (unpaired) electrons. The van der Waals surface area contributed by atoms with Gasteiger partial charge < -0.3 is 28.8 Å². The van der Waals surface area contributed by atoms with Crippen LogP contribution >= 0.6 is 7.82 Å². The lowest BCUT2D eigenvalue weighted by atomic mass is 10.0. The number of phosphoric ester groups is 1. The molecule has 0 saturated heterocycles. The van der Waals surface area contributed by atoms with Crippen molar-refractivity contribution in [3.05, 3.63) is 12.2 Å². The number of hydrogen-bond acceptors (Lipinski definition) is 6. The van der Waals surface area contributed by atoms with Crippen LogP contribution in [0.5, 0.6) is 0 Å². The Morgan fingerprint density at radius 2 is 0.833 bits per heavy atom. The summed E-state index contributed by atoms with van der Waals surface area (Å²) in [4.78, 5) is 25.3. The molecule has 0 aromatic carbocycles. The van der Waals surface area contributed by atoms with Crippen LogP contribution in [-0.4, -0.2) is 68.5 Å². The Kier molecular flexibility index (Phi) is 48.7. The second-order valence-electron chi connectivity index (χ2n) is 21.4. The number of carbonyl (C=O) groups is 1. The van der Waals surface area contributed by atoms with Gasteiger partial charge >= 0.3 is 0 Å². The first kappa shape index (κ1) is 65.2. The molecule has 0 heterocycles. The number of hydrogen-bond donors (Lipinski definition) is 2. The lowest BCUT2D eigenvalue weighted by Crippen LogP contribution is -2.46. The minimum atomic E-state index is -4.55. The average Bonchev–Trinajstić information content (AvgIpc) is 3.28. The van der Waals surface area contributed by atoms with E-state index in [2.05, 4.69) is 31.3 Å². The summed E-state index contributed by atoms with van der Waals surface area (Å²) in [5.41, 5.74) is 0. The Hall–Kier alpha value is -0.760. The topological polar surface area (TPSA) is 108 Å². The summed E-state index contributed by atoms with van der Waals surface area (Å²) in [5.74, 6) is -0.163. The van der Waals surface area contributed by atoms with Crippen LogP contribution in [0, 0.1) is 0 Å². The Morgan fingerprint density at radius 1 is 0.515 bits per heavy atom. The van der Waals surface area contributed by atoms with E-state index in [-0.39, 0.29) is 19.1 Å². The van der Waals surface area contributed by atoms with E-state index in [9.17, 15) is 19.4 Å². The number of aliphatic hydroxyl groups is 1. The zero-order valence-electron chi connectivity index (χ0n) is 44.9. The molecule has 0 spiro atoms. The maximum atomic E-state index is 12.9. The van der Waals surface area contributed by atoms with Crippen molar-refractivity contribution < 1.29 is 32.9 Å². The predicted octanol–water partition coefficient (Wildman–Crippen LogP) is 16.8. The van der Waals surface area contributed by atoms with Gasteiger partial charge in [-0.1, -0.05) is 264 Å². The van der Waals surface area contributed by atoms with E-state index >= 15 is 0 Å². The quantitative estimate of drug-likeness (QED) is 0.0272. The Labute approximate surface area is 412 Å². The number of aliphatic hydroxyl groups excluding tert-OH is 1. The summed E-state index contributed by atoms with van der Waals surface area (Å²) in [5, 5.41) is 13.8. The van der Waals surface area contributed by atoms with Crippen LogP contribution in [0.25, 0.3) is 0 Å². The lowest BCUT2D eigenvalue weighted by molar-refractivity contribution is -0.870. The highest BCUT2D eigenvalue weighted by Gasteiger charge is 2.24. The van der Waals surface area contributed by atoms with Gasteiger partial charge in [0.2, 0.25) is 5.91 Å². The first-order chi connectivity index (χ1) is 32.0. The average molecular weight is 956 g/mol. The fourth-order valence-electron chi connectivity index (χ4n) is 8.92. The molecule has 8 nitrogen and oxygen atoms in total. The van der Waals surface area contributed by atoms with Crippen LogP contribution in [0.4, 0.5) is 0 Å². The van der Waals surface area contributed by atoms with Crippen molar-refractivity contribution in [1.82, 2.24) is 5.32 Å². The first-order valence-electron chi connectivity index (χ1n) is 29.0. The number of unbranched alkanes of at least 4 members (excludes halogenated alkanes) is 39. The number of quaternary nitrogens is 1. The van der Waals surface area contributed by atoms with Crippen LogP contribution in [0.15, 0.2) is 12.2 Å². The fraction of sp³-hybridized carbons (Fsp3) is 0.947. The van der Waals surface area contributed by atoms with Gasteiger partial charge in [-0.05, 0) is 38.5 Å². The summed E-state index contributed by atoms with van der Waals surface area (Å²) < 4.78 is 23.2. The van der Waals surface area contributed by atoms with Crippen molar-refractivity contribution >= 4 is 13.7 Å². The highest BCUT2D eigenvalue weighted by molar-refractivity contribution is 7.45. The van der Waals surface area contributed by atoms with Crippen molar-refractivity contribution in [3.8, 4) is 0 Å². The number of carbonyl (C=O) groups excluding carboxylic acids is 1. The van der Waals surface area contributed by atoms with Gasteiger partial charge in [0, 0.05) is 6.42 Å². The van der Waals surface area contributed by atoms with Gasteiger partial charge in [-0.15, -0.1) is 0 Å². The Balaban J connectivity index is 3.72. The third-order valence-corrected chi connectivity index (χ3v) is 14.5. The lowest BCUT2D eigenvalue weighted by Gasteiger charge is -2.30. The molecule has 0 aliphatic rings. The molecule has 0 fully saturated rings. The van der Waals surface area contributed by atoms with Gasteiger partial charge in [-0.2, -0.15) is 0 Å². The molecule has 0 aliphatic carbocycles. The van der Waals surface area contributed by atoms with Crippen molar-refractivity contribution in [2.75, 3.05) is 40.9 Å². The molecule has 0 rings (SSSR count). The largest absolute Gasteiger partial charge is 0.756 e. The first-order valence-corrected chi connectivity index (χ1v) is 30.5. The monoisotopic (exact) mass is 955 g/mol. The molecule has 0 aromatic rings. The maximum Gasteiger partial charge on any atom is 0.268 e. The molecular formula is C57H115N2O6P. The van der Waals surface area contributed by atoms with Crippen molar-refractivity contribution in [1.29, 1.82) is 0 Å². The van der Waals surface area contributed by atoms with E-state index in [1.54, 1.807) is 0 Å². The van der Waals surface area contributed by atoms with E-state index in [0.29, 0.717) is 23.9 Å². The Morgan fingerprint density at radius 3 is 1.18 bits per heavy atom. The highest BCUT2D eigenvalue weighted by atomic mass is 31.2. The molecule has 0 saturated carbocycles.